The molecule has 1 aromatic heterocycles. The van der Waals surface area contributed by atoms with Crippen LogP contribution in [0.15, 0.2) is 43.1 Å². The fraction of sp³-hybridized carbons (Fsp3) is 0.0714. The molecule has 0 radical (unpaired) electrons. The molecule has 0 fully saturated rings. The second-order valence-corrected chi connectivity index (χ2v) is 3.59. The predicted molar refractivity (Wildman–Crippen MR) is 64.5 cm³/mol. The maximum absolute atomic E-state index is 13.4. The molecule has 0 aliphatic heterocycles. The highest BCUT2D eigenvalue weighted by Gasteiger charge is 2.05. The van der Waals surface area contributed by atoms with Crippen molar-refractivity contribution >= 4 is 6.08 Å². The summed E-state index contributed by atoms with van der Waals surface area (Å²) in [4.78, 5) is 4.20. The Morgan fingerprint density at radius 1 is 1.25 bits per heavy atom. The van der Waals surface area contributed by atoms with E-state index in [9.17, 15) is 4.39 Å². The number of aromatic nitrogens is 1. The quantitative estimate of drug-likeness (QED) is 0.738. The van der Waals surface area contributed by atoms with E-state index in [1.165, 1.54) is 6.07 Å². The van der Waals surface area contributed by atoms with Crippen LogP contribution in [0.1, 0.15) is 11.3 Å². The van der Waals surface area contributed by atoms with E-state index >= 15 is 0 Å². The van der Waals surface area contributed by atoms with Crippen molar-refractivity contribution in [3.8, 4) is 11.1 Å². The van der Waals surface area contributed by atoms with Crippen molar-refractivity contribution in [1.82, 2.24) is 4.98 Å². The molecule has 16 heavy (non-hydrogen) atoms. The van der Waals surface area contributed by atoms with Crippen molar-refractivity contribution in [2.24, 2.45) is 0 Å². The lowest BCUT2D eigenvalue weighted by atomic mass is 10.0. The first kappa shape index (κ1) is 10.6. The summed E-state index contributed by atoms with van der Waals surface area (Å²) < 4.78 is 13.4. The molecule has 0 N–H and O–H groups in total. The highest BCUT2D eigenvalue weighted by molar-refractivity contribution is 5.67. The molecular formula is C14H12FN. The number of hydrogen-bond acceptors (Lipinski definition) is 1. The van der Waals surface area contributed by atoms with E-state index in [0.717, 1.165) is 16.8 Å². The molecule has 0 spiro atoms. The SMILES string of the molecule is C=Cc1ccc(-c2cccc(F)c2C)cn1. The zero-order chi connectivity index (χ0) is 11.5. The van der Waals surface area contributed by atoms with Gasteiger partial charge < -0.3 is 0 Å². The van der Waals surface area contributed by atoms with E-state index in [2.05, 4.69) is 11.6 Å². The minimum absolute atomic E-state index is 0.190. The average molecular weight is 213 g/mol. The molecule has 2 rings (SSSR count). The van der Waals surface area contributed by atoms with Gasteiger partial charge in [0.2, 0.25) is 0 Å². The lowest BCUT2D eigenvalue weighted by Gasteiger charge is -2.06. The molecule has 0 unspecified atom stereocenters. The molecule has 80 valence electrons. The standard InChI is InChI=1S/C14H12FN/c1-3-12-8-7-11(9-16-12)13-5-4-6-14(15)10(13)2/h3-9H,1H2,2H3. The summed E-state index contributed by atoms with van der Waals surface area (Å²) in [6, 6.07) is 8.85. The third kappa shape index (κ3) is 1.87. The number of pyridine rings is 1. The van der Waals surface area contributed by atoms with Crippen LogP contribution in [0.5, 0.6) is 0 Å². The molecule has 2 aromatic rings. The Kier molecular flexibility index (Phi) is 2.82. The molecule has 0 saturated heterocycles. The molecule has 0 amide bonds. The van der Waals surface area contributed by atoms with Crippen molar-refractivity contribution in [2.45, 2.75) is 6.92 Å². The predicted octanol–water partition coefficient (Wildman–Crippen LogP) is 3.84. The van der Waals surface area contributed by atoms with E-state index in [0.29, 0.717) is 5.56 Å². The summed E-state index contributed by atoms with van der Waals surface area (Å²) >= 11 is 0. The minimum atomic E-state index is -0.190. The van der Waals surface area contributed by atoms with Crippen molar-refractivity contribution in [1.29, 1.82) is 0 Å². The van der Waals surface area contributed by atoms with Crippen LogP contribution in [-0.2, 0) is 0 Å². The van der Waals surface area contributed by atoms with Gasteiger partial charge in [0.05, 0.1) is 5.69 Å². The van der Waals surface area contributed by atoms with Crippen LogP contribution < -0.4 is 0 Å². The van der Waals surface area contributed by atoms with Gasteiger partial charge in [-0.25, -0.2) is 4.39 Å². The normalized spacial score (nSPS) is 10.1. The number of halogens is 1. The van der Waals surface area contributed by atoms with E-state index in [-0.39, 0.29) is 5.82 Å². The second-order valence-electron chi connectivity index (χ2n) is 3.59. The first-order chi connectivity index (χ1) is 7.72. The summed E-state index contributed by atoms with van der Waals surface area (Å²) in [5.41, 5.74) is 3.26. The average Bonchev–Trinajstić information content (AvgIpc) is 2.33. The van der Waals surface area contributed by atoms with Crippen molar-refractivity contribution < 1.29 is 4.39 Å². The van der Waals surface area contributed by atoms with Gasteiger partial charge in [0.15, 0.2) is 0 Å². The lowest BCUT2D eigenvalue weighted by molar-refractivity contribution is 0.619. The zero-order valence-corrected chi connectivity index (χ0v) is 9.07. The summed E-state index contributed by atoms with van der Waals surface area (Å²) in [5.74, 6) is -0.190. The molecule has 0 atom stereocenters. The maximum Gasteiger partial charge on any atom is 0.126 e. The van der Waals surface area contributed by atoms with Crippen LogP contribution in [0, 0.1) is 12.7 Å². The Morgan fingerprint density at radius 2 is 2.06 bits per heavy atom. The molecule has 1 nitrogen and oxygen atoms in total. The first-order valence-electron chi connectivity index (χ1n) is 5.06. The summed E-state index contributed by atoms with van der Waals surface area (Å²) in [6.07, 6.45) is 3.42. The monoisotopic (exact) mass is 213 g/mol. The molecule has 0 aliphatic carbocycles. The topological polar surface area (TPSA) is 12.9 Å². The largest absolute Gasteiger partial charge is 0.256 e. The van der Waals surface area contributed by atoms with Crippen LogP contribution >= 0.6 is 0 Å². The summed E-state index contributed by atoms with van der Waals surface area (Å²) in [5, 5.41) is 0. The molecule has 1 heterocycles. The van der Waals surface area contributed by atoms with E-state index in [1.807, 2.05) is 18.2 Å². The smallest absolute Gasteiger partial charge is 0.126 e. The highest BCUT2D eigenvalue weighted by Crippen LogP contribution is 2.24. The van der Waals surface area contributed by atoms with Gasteiger partial charge in [0.25, 0.3) is 0 Å². The van der Waals surface area contributed by atoms with Gasteiger partial charge in [-0.15, -0.1) is 0 Å². The van der Waals surface area contributed by atoms with Gasteiger partial charge in [-0.05, 0) is 36.3 Å². The lowest BCUT2D eigenvalue weighted by Crippen LogP contribution is -1.89. The molecule has 0 bridgehead atoms. The van der Waals surface area contributed by atoms with Crippen LogP contribution in [0.2, 0.25) is 0 Å². The Balaban J connectivity index is 2.50. The van der Waals surface area contributed by atoms with Crippen molar-refractivity contribution in [3.63, 3.8) is 0 Å². The molecule has 0 saturated carbocycles. The van der Waals surface area contributed by atoms with Gasteiger partial charge in [0.1, 0.15) is 5.82 Å². The molecule has 1 aromatic carbocycles. The summed E-state index contributed by atoms with van der Waals surface area (Å²) in [6.45, 7) is 5.41. The Hall–Kier alpha value is -1.96. The van der Waals surface area contributed by atoms with Crippen LogP contribution in [-0.4, -0.2) is 4.98 Å². The number of rotatable bonds is 2. The maximum atomic E-state index is 13.4. The zero-order valence-electron chi connectivity index (χ0n) is 9.07. The van der Waals surface area contributed by atoms with Crippen LogP contribution in [0.4, 0.5) is 4.39 Å². The minimum Gasteiger partial charge on any atom is -0.256 e. The van der Waals surface area contributed by atoms with E-state index in [1.54, 1.807) is 25.3 Å². The van der Waals surface area contributed by atoms with Crippen molar-refractivity contribution in [3.05, 3.63) is 60.2 Å². The van der Waals surface area contributed by atoms with E-state index in [4.69, 9.17) is 0 Å². The third-order valence-corrected chi connectivity index (χ3v) is 2.57. The van der Waals surface area contributed by atoms with Gasteiger partial charge in [-0.1, -0.05) is 24.8 Å². The first-order valence-corrected chi connectivity index (χ1v) is 5.06. The summed E-state index contributed by atoms with van der Waals surface area (Å²) in [7, 11) is 0. The Morgan fingerprint density at radius 3 is 2.69 bits per heavy atom. The number of hydrogen-bond donors (Lipinski definition) is 0. The number of nitrogens with zero attached hydrogens (tertiary/aromatic N) is 1. The van der Waals surface area contributed by atoms with Crippen molar-refractivity contribution in [2.75, 3.05) is 0 Å². The fourth-order valence-corrected chi connectivity index (χ4v) is 1.61. The van der Waals surface area contributed by atoms with Gasteiger partial charge in [-0.2, -0.15) is 0 Å². The van der Waals surface area contributed by atoms with E-state index < -0.39 is 0 Å². The van der Waals surface area contributed by atoms with Gasteiger partial charge in [-0.3, -0.25) is 4.98 Å². The Labute approximate surface area is 94.3 Å². The van der Waals surface area contributed by atoms with Gasteiger partial charge >= 0.3 is 0 Å². The third-order valence-electron chi connectivity index (χ3n) is 2.57. The van der Waals surface area contributed by atoms with Gasteiger partial charge in [0, 0.05) is 11.8 Å². The number of benzene rings is 1. The second kappa shape index (κ2) is 4.27. The fourth-order valence-electron chi connectivity index (χ4n) is 1.61. The van der Waals surface area contributed by atoms with Crippen LogP contribution in [0.3, 0.4) is 0 Å². The molecule has 0 aliphatic rings. The Bertz CT molecular complexity index is 515. The highest BCUT2D eigenvalue weighted by atomic mass is 19.1. The van der Waals surface area contributed by atoms with Crippen LogP contribution in [0.25, 0.3) is 17.2 Å². The molecule has 2 heteroatoms. The molecular weight excluding hydrogens is 201 g/mol.